The largest absolute Gasteiger partial charge is 0.491 e. The fraction of sp³-hybridized carbons (Fsp3) is 0.333. The van der Waals surface area contributed by atoms with Gasteiger partial charge in [0.2, 0.25) is 17.7 Å². The molecule has 44 heavy (non-hydrogen) atoms. The van der Waals surface area contributed by atoms with Crippen molar-refractivity contribution in [2.24, 2.45) is 0 Å². The Hall–Kier alpha value is -4.93. The molecule has 2 N–H and O–H groups in total. The van der Waals surface area contributed by atoms with E-state index in [1.807, 2.05) is 37.3 Å². The van der Waals surface area contributed by atoms with E-state index in [2.05, 4.69) is 10.6 Å². The first-order chi connectivity index (χ1) is 21.3. The Bertz CT molecular complexity index is 1450. The van der Waals surface area contributed by atoms with Gasteiger partial charge >= 0.3 is 0 Å². The Morgan fingerprint density at radius 3 is 2.45 bits per heavy atom. The lowest BCUT2D eigenvalue weighted by Gasteiger charge is -2.29. The van der Waals surface area contributed by atoms with E-state index < -0.39 is 42.0 Å². The summed E-state index contributed by atoms with van der Waals surface area (Å²) in [7, 11) is 1.50. The monoisotopic (exact) mass is 604 g/mol. The lowest BCUT2D eigenvalue weighted by atomic mass is 10.0. The molecule has 0 aliphatic carbocycles. The van der Waals surface area contributed by atoms with Crippen LogP contribution in [-0.4, -0.2) is 85.4 Å². The molecule has 3 aromatic carbocycles. The van der Waals surface area contributed by atoms with E-state index in [4.69, 9.17) is 9.47 Å². The van der Waals surface area contributed by atoms with E-state index >= 15 is 0 Å². The molecule has 4 rings (SSSR count). The number of hydrogen-bond acceptors (Lipinski definition) is 6. The van der Waals surface area contributed by atoms with Crippen molar-refractivity contribution in [3.05, 3.63) is 95.8 Å². The molecule has 0 fully saturated rings. The maximum atomic E-state index is 14.0. The van der Waals surface area contributed by atoms with Gasteiger partial charge in [-0.1, -0.05) is 54.6 Å². The average molecular weight is 605 g/mol. The minimum Gasteiger partial charge on any atom is -0.491 e. The van der Waals surface area contributed by atoms with Crippen molar-refractivity contribution >= 4 is 23.6 Å². The van der Waals surface area contributed by atoms with Crippen LogP contribution in [-0.2, 0) is 20.8 Å². The molecule has 1 aliphatic heterocycles. The van der Waals surface area contributed by atoms with Gasteiger partial charge in [0, 0.05) is 20.0 Å². The molecule has 3 aromatic rings. The number of fused-ring (bicyclic) bond motifs is 1. The van der Waals surface area contributed by atoms with Gasteiger partial charge in [-0.15, -0.1) is 0 Å². The second kappa shape index (κ2) is 15.5. The molecule has 0 spiro atoms. The van der Waals surface area contributed by atoms with E-state index in [0.717, 1.165) is 5.56 Å². The normalized spacial score (nSPS) is 17.8. The first-order valence-electron chi connectivity index (χ1n) is 14.5. The van der Waals surface area contributed by atoms with Gasteiger partial charge in [0.15, 0.2) is 11.6 Å². The van der Waals surface area contributed by atoms with E-state index in [1.54, 1.807) is 41.3 Å². The van der Waals surface area contributed by atoms with Crippen LogP contribution < -0.4 is 20.1 Å². The first-order valence-corrected chi connectivity index (χ1v) is 14.5. The predicted octanol–water partition coefficient (Wildman–Crippen LogP) is 2.82. The van der Waals surface area contributed by atoms with Crippen LogP contribution in [0.3, 0.4) is 0 Å². The van der Waals surface area contributed by atoms with Crippen molar-refractivity contribution in [3.63, 3.8) is 0 Å². The third-order valence-electron chi connectivity index (χ3n) is 7.25. The van der Waals surface area contributed by atoms with Crippen LogP contribution >= 0.6 is 0 Å². The lowest BCUT2D eigenvalue weighted by Crippen LogP contribution is -2.54. The molecule has 0 aromatic heterocycles. The van der Waals surface area contributed by atoms with Gasteiger partial charge in [-0.3, -0.25) is 19.2 Å². The van der Waals surface area contributed by atoms with Gasteiger partial charge in [0.25, 0.3) is 5.91 Å². The maximum absolute atomic E-state index is 14.0. The zero-order valence-corrected chi connectivity index (χ0v) is 24.8. The number of halogens is 1. The summed E-state index contributed by atoms with van der Waals surface area (Å²) in [6, 6.07) is 19.6. The van der Waals surface area contributed by atoms with Crippen LogP contribution in [0.25, 0.3) is 0 Å². The van der Waals surface area contributed by atoms with Gasteiger partial charge in [-0.25, -0.2) is 4.39 Å². The Labute approximate surface area is 256 Å². The number of ether oxygens (including phenoxy) is 2. The fourth-order valence-corrected chi connectivity index (χ4v) is 4.85. The van der Waals surface area contributed by atoms with Gasteiger partial charge in [0.1, 0.15) is 31.0 Å². The summed E-state index contributed by atoms with van der Waals surface area (Å²) in [6.07, 6.45) is -0.180. The number of benzene rings is 3. The molecule has 232 valence electrons. The van der Waals surface area contributed by atoms with Crippen molar-refractivity contribution in [1.29, 1.82) is 0 Å². The topological polar surface area (TPSA) is 117 Å². The second-order valence-corrected chi connectivity index (χ2v) is 10.3. The second-order valence-electron chi connectivity index (χ2n) is 10.3. The molecule has 0 saturated heterocycles. The minimum absolute atomic E-state index is 0.0206. The number of amides is 4. The average Bonchev–Trinajstić information content (AvgIpc) is 3.03. The highest BCUT2D eigenvalue weighted by atomic mass is 19.1. The number of nitrogens with one attached hydrogen (secondary N) is 2. The van der Waals surface area contributed by atoms with Crippen LogP contribution in [0.2, 0.25) is 0 Å². The first kappa shape index (κ1) is 32.0. The predicted molar refractivity (Wildman–Crippen MR) is 162 cm³/mol. The number of likely N-dealkylation sites (N-methyl/N-ethyl adjacent to an activating group) is 2. The van der Waals surface area contributed by atoms with E-state index in [1.165, 1.54) is 24.1 Å². The van der Waals surface area contributed by atoms with Crippen LogP contribution in [0.1, 0.15) is 29.3 Å². The molecule has 2 atom stereocenters. The summed E-state index contributed by atoms with van der Waals surface area (Å²) in [4.78, 5) is 57.0. The van der Waals surface area contributed by atoms with E-state index in [0.29, 0.717) is 6.54 Å². The van der Waals surface area contributed by atoms with Crippen molar-refractivity contribution in [2.45, 2.75) is 31.8 Å². The molecular formula is C33H37FN4O6. The van der Waals surface area contributed by atoms with E-state index in [-0.39, 0.29) is 55.7 Å². The summed E-state index contributed by atoms with van der Waals surface area (Å²) in [5.74, 6) is -2.21. The van der Waals surface area contributed by atoms with Crippen molar-refractivity contribution < 1.29 is 33.0 Å². The number of hydrogen-bond donors (Lipinski definition) is 2. The minimum atomic E-state index is -1.27. The molecule has 0 bridgehead atoms. The smallest absolute Gasteiger partial charge is 0.255 e. The summed E-state index contributed by atoms with van der Waals surface area (Å²) in [6.45, 7) is 2.61. The molecule has 0 radical (unpaired) electrons. The lowest BCUT2D eigenvalue weighted by molar-refractivity contribution is -0.138. The van der Waals surface area contributed by atoms with E-state index in [9.17, 15) is 23.6 Å². The molecule has 10 nitrogen and oxygen atoms in total. The van der Waals surface area contributed by atoms with Gasteiger partial charge in [-0.2, -0.15) is 0 Å². The van der Waals surface area contributed by atoms with Crippen LogP contribution in [0.4, 0.5) is 4.39 Å². The quantitative estimate of drug-likeness (QED) is 0.409. The highest BCUT2D eigenvalue weighted by molar-refractivity contribution is 6.01. The number of nitrogens with zero attached hydrogens (tertiary/aromatic N) is 2. The molecule has 1 heterocycles. The standard InChI is InChI=1S/C33H37FN4O6/c1-3-38-18-20-43-28-15-9-7-13-24(28)31(40)36-27(32(41)37(2)17-19-44-29-16-10-8-14-25(29)34)22-30(39)35-26(33(38)42)21-23-11-5-4-6-12-23/h4-16,26-27H,3,17-22H2,1-2H3,(H,35,39)(H,36,40)/t26-,27+/m1/s1. The van der Waals surface area contributed by atoms with Crippen LogP contribution in [0.15, 0.2) is 78.9 Å². The maximum Gasteiger partial charge on any atom is 0.255 e. The SMILES string of the molecule is CCN1CCOc2ccccc2C(=O)N[C@H](C(=O)N(C)CCOc2ccccc2F)CC(=O)N[C@H](Cc2ccccc2)C1=O. The van der Waals surface area contributed by atoms with Gasteiger partial charge in [0.05, 0.1) is 25.1 Å². The highest BCUT2D eigenvalue weighted by Gasteiger charge is 2.31. The third kappa shape index (κ3) is 8.56. The van der Waals surface area contributed by atoms with Crippen molar-refractivity contribution in [1.82, 2.24) is 20.4 Å². The molecule has 1 aliphatic rings. The third-order valence-corrected chi connectivity index (χ3v) is 7.25. The Balaban J connectivity index is 1.57. The molecule has 11 heteroatoms. The van der Waals surface area contributed by atoms with Crippen LogP contribution in [0, 0.1) is 5.82 Å². The van der Waals surface area contributed by atoms with Gasteiger partial charge < -0.3 is 29.9 Å². The summed E-state index contributed by atoms with van der Waals surface area (Å²) < 4.78 is 25.4. The number of rotatable bonds is 8. The zero-order valence-electron chi connectivity index (χ0n) is 24.8. The summed E-state index contributed by atoms with van der Waals surface area (Å²) in [5.41, 5.74) is 1.04. The highest BCUT2D eigenvalue weighted by Crippen LogP contribution is 2.19. The molecular weight excluding hydrogens is 567 g/mol. The molecule has 0 saturated carbocycles. The van der Waals surface area contributed by atoms with Crippen molar-refractivity contribution in [2.75, 3.05) is 39.9 Å². The number of carbonyl (C=O) groups excluding carboxylic acids is 4. The Morgan fingerprint density at radius 2 is 1.70 bits per heavy atom. The zero-order chi connectivity index (χ0) is 31.5. The summed E-state index contributed by atoms with van der Waals surface area (Å²) in [5, 5.41) is 5.49. The van der Waals surface area contributed by atoms with Gasteiger partial charge in [-0.05, 0) is 36.8 Å². The Kier molecular flexibility index (Phi) is 11.3. The number of carbonyl (C=O) groups is 4. The van der Waals surface area contributed by atoms with Crippen molar-refractivity contribution in [3.8, 4) is 11.5 Å². The summed E-state index contributed by atoms with van der Waals surface area (Å²) >= 11 is 0. The molecule has 4 amide bonds. The number of para-hydroxylation sites is 2. The molecule has 0 unspecified atom stereocenters. The fourth-order valence-electron chi connectivity index (χ4n) is 4.85. The van der Waals surface area contributed by atoms with Crippen LogP contribution in [0.5, 0.6) is 11.5 Å². The Morgan fingerprint density at radius 1 is 1.00 bits per heavy atom.